The summed E-state index contributed by atoms with van der Waals surface area (Å²) in [5.74, 6) is 1.04. The van der Waals surface area contributed by atoms with Gasteiger partial charge in [0.25, 0.3) is 0 Å². The average Bonchev–Trinajstić information content (AvgIpc) is 2.48. The highest BCUT2D eigenvalue weighted by molar-refractivity contribution is 5.75. The lowest BCUT2D eigenvalue weighted by atomic mass is 9.99. The van der Waals surface area contributed by atoms with Crippen molar-refractivity contribution in [1.82, 2.24) is 10.2 Å². The lowest BCUT2D eigenvalue weighted by molar-refractivity contribution is -0.121. The van der Waals surface area contributed by atoms with Gasteiger partial charge in [0.15, 0.2) is 0 Å². The number of piperidine rings is 1. The molecule has 1 aliphatic heterocycles. The van der Waals surface area contributed by atoms with E-state index in [1.54, 1.807) is 0 Å². The molecule has 0 unspecified atom stereocenters. The van der Waals surface area contributed by atoms with Crippen LogP contribution in [0.25, 0.3) is 0 Å². The summed E-state index contributed by atoms with van der Waals surface area (Å²) in [7, 11) is 0. The highest BCUT2D eigenvalue weighted by atomic mass is 16.1. The summed E-state index contributed by atoms with van der Waals surface area (Å²) >= 11 is 0. The average molecular weight is 274 g/mol. The van der Waals surface area contributed by atoms with Crippen LogP contribution in [0.1, 0.15) is 38.2 Å². The molecule has 3 heteroatoms. The summed E-state index contributed by atoms with van der Waals surface area (Å²) in [6.45, 7) is 6.43. The van der Waals surface area contributed by atoms with Crippen molar-refractivity contribution in [2.24, 2.45) is 5.92 Å². The fourth-order valence-corrected chi connectivity index (χ4v) is 2.63. The van der Waals surface area contributed by atoms with Crippen molar-refractivity contribution in [2.75, 3.05) is 19.6 Å². The topological polar surface area (TPSA) is 32.3 Å². The Balaban J connectivity index is 1.56. The maximum Gasteiger partial charge on any atom is 0.220 e. The molecule has 20 heavy (non-hydrogen) atoms. The number of amides is 1. The van der Waals surface area contributed by atoms with Gasteiger partial charge in [-0.05, 0) is 50.4 Å². The lowest BCUT2D eigenvalue weighted by Crippen LogP contribution is -2.34. The van der Waals surface area contributed by atoms with Crippen molar-refractivity contribution in [3.8, 4) is 0 Å². The summed E-state index contributed by atoms with van der Waals surface area (Å²) < 4.78 is 0. The van der Waals surface area contributed by atoms with E-state index in [1.165, 1.54) is 25.9 Å². The van der Waals surface area contributed by atoms with Crippen molar-refractivity contribution < 1.29 is 4.79 Å². The molecule has 1 saturated heterocycles. The Morgan fingerprint density at radius 2 is 1.95 bits per heavy atom. The van der Waals surface area contributed by atoms with E-state index >= 15 is 0 Å². The van der Waals surface area contributed by atoms with Gasteiger partial charge in [0, 0.05) is 13.0 Å². The van der Waals surface area contributed by atoms with Gasteiger partial charge in [-0.3, -0.25) is 4.79 Å². The van der Waals surface area contributed by atoms with Crippen molar-refractivity contribution in [1.29, 1.82) is 0 Å². The van der Waals surface area contributed by atoms with Crippen LogP contribution in [0.4, 0.5) is 0 Å². The molecule has 0 saturated carbocycles. The summed E-state index contributed by atoms with van der Waals surface area (Å²) in [6, 6.07) is 10.1. The van der Waals surface area contributed by atoms with Crippen molar-refractivity contribution in [2.45, 2.75) is 39.2 Å². The van der Waals surface area contributed by atoms with Gasteiger partial charge in [0.1, 0.15) is 0 Å². The minimum Gasteiger partial charge on any atom is -0.352 e. The van der Waals surface area contributed by atoms with Gasteiger partial charge in [-0.15, -0.1) is 0 Å². The van der Waals surface area contributed by atoms with Crippen LogP contribution in [-0.2, 0) is 11.3 Å². The molecular weight excluding hydrogens is 248 g/mol. The highest BCUT2D eigenvalue weighted by Crippen LogP contribution is 2.16. The number of likely N-dealkylation sites (tertiary alicyclic amines) is 1. The second kappa shape index (κ2) is 8.05. The molecule has 1 aromatic rings. The molecule has 0 aromatic heterocycles. The Bertz CT molecular complexity index is 397. The number of carbonyl (C=O) groups excluding carboxylic acids is 1. The Labute approximate surface area is 122 Å². The third kappa shape index (κ3) is 5.33. The van der Waals surface area contributed by atoms with Gasteiger partial charge in [0.2, 0.25) is 5.91 Å². The van der Waals surface area contributed by atoms with Crippen LogP contribution < -0.4 is 5.32 Å². The maximum absolute atomic E-state index is 11.8. The van der Waals surface area contributed by atoms with Crippen LogP contribution >= 0.6 is 0 Å². The molecule has 1 N–H and O–H groups in total. The van der Waals surface area contributed by atoms with E-state index in [0.29, 0.717) is 13.0 Å². The molecule has 0 bridgehead atoms. The number of nitrogens with one attached hydrogen (secondary N) is 1. The standard InChI is InChI=1S/C17H26N2O/c1-15-9-12-19(13-10-15)11-5-8-17(20)18-14-16-6-3-2-4-7-16/h2-4,6-7,15H,5,8-14H2,1H3,(H,18,20). The smallest absolute Gasteiger partial charge is 0.220 e. The molecule has 0 spiro atoms. The lowest BCUT2D eigenvalue weighted by Gasteiger charge is -2.29. The maximum atomic E-state index is 11.8. The van der Waals surface area contributed by atoms with Crippen molar-refractivity contribution in [3.63, 3.8) is 0 Å². The minimum atomic E-state index is 0.166. The first-order valence-electron chi connectivity index (χ1n) is 7.77. The zero-order valence-electron chi connectivity index (χ0n) is 12.5. The molecule has 1 amide bonds. The van der Waals surface area contributed by atoms with Crippen LogP contribution in [0, 0.1) is 5.92 Å². The molecule has 0 radical (unpaired) electrons. The predicted molar refractivity (Wildman–Crippen MR) is 82.4 cm³/mol. The predicted octanol–water partition coefficient (Wildman–Crippen LogP) is 2.81. The minimum absolute atomic E-state index is 0.166. The SMILES string of the molecule is CC1CCN(CCCC(=O)NCc2ccccc2)CC1. The highest BCUT2D eigenvalue weighted by Gasteiger charge is 2.15. The van der Waals surface area contributed by atoms with Crippen LogP contribution in [0.15, 0.2) is 30.3 Å². The number of carbonyl (C=O) groups is 1. The molecule has 0 aliphatic carbocycles. The van der Waals surface area contributed by atoms with Crippen LogP contribution in [0.2, 0.25) is 0 Å². The molecule has 1 heterocycles. The number of hydrogen-bond acceptors (Lipinski definition) is 2. The Hall–Kier alpha value is -1.35. The fourth-order valence-electron chi connectivity index (χ4n) is 2.63. The van der Waals surface area contributed by atoms with Crippen LogP contribution in [0.3, 0.4) is 0 Å². The number of nitrogens with zero attached hydrogens (tertiary/aromatic N) is 1. The molecule has 1 aromatic carbocycles. The van der Waals surface area contributed by atoms with Gasteiger partial charge < -0.3 is 10.2 Å². The summed E-state index contributed by atoms with van der Waals surface area (Å²) in [4.78, 5) is 14.3. The summed E-state index contributed by atoms with van der Waals surface area (Å²) in [5.41, 5.74) is 1.16. The van der Waals surface area contributed by atoms with E-state index in [-0.39, 0.29) is 5.91 Å². The van der Waals surface area contributed by atoms with E-state index in [0.717, 1.165) is 24.4 Å². The van der Waals surface area contributed by atoms with E-state index in [4.69, 9.17) is 0 Å². The molecule has 3 nitrogen and oxygen atoms in total. The molecule has 1 aliphatic rings. The van der Waals surface area contributed by atoms with E-state index in [2.05, 4.69) is 17.1 Å². The number of hydrogen-bond donors (Lipinski definition) is 1. The quantitative estimate of drug-likeness (QED) is 0.865. The first kappa shape index (κ1) is 15.0. The summed E-state index contributed by atoms with van der Waals surface area (Å²) in [6.07, 6.45) is 4.22. The van der Waals surface area contributed by atoms with Gasteiger partial charge in [-0.25, -0.2) is 0 Å². The third-order valence-electron chi connectivity index (χ3n) is 4.09. The van der Waals surface area contributed by atoms with E-state index < -0.39 is 0 Å². The van der Waals surface area contributed by atoms with Gasteiger partial charge in [-0.1, -0.05) is 37.3 Å². The molecule has 1 fully saturated rings. The fraction of sp³-hybridized carbons (Fsp3) is 0.588. The molecular formula is C17H26N2O. The normalized spacial score (nSPS) is 17.1. The van der Waals surface area contributed by atoms with Crippen LogP contribution in [-0.4, -0.2) is 30.4 Å². The Kier molecular flexibility index (Phi) is 6.06. The van der Waals surface area contributed by atoms with Gasteiger partial charge >= 0.3 is 0 Å². The number of benzene rings is 1. The van der Waals surface area contributed by atoms with Crippen LogP contribution in [0.5, 0.6) is 0 Å². The monoisotopic (exact) mass is 274 g/mol. The first-order valence-corrected chi connectivity index (χ1v) is 7.77. The Morgan fingerprint density at radius 3 is 2.65 bits per heavy atom. The largest absolute Gasteiger partial charge is 0.352 e. The first-order chi connectivity index (χ1) is 9.74. The molecule has 0 atom stereocenters. The molecule has 110 valence electrons. The zero-order valence-corrected chi connectivity index (χ0v) is 12.5. The van der Waals surface area contributed by atoms with Crippen molar-refractivity contribution in [3.05, 3.63) is 35.9 Å². The number of rotatable bonds is 6. The van der Waals surface area contributed by atoms with Gasteiger partial charge in [-0.2, -0.15) is 0 Å². The zero-order chi connectivity index (χ0) is 14.2. The second-order valence-corrected chi connectivity index (χ2v) is 5.89. The summed E-state index contributed by atoms with van der Waals surface area (Å²) in [5, 5.41) is 2.99. The second-order valence-electron chi connectivity index (χ2n) is 5.89. The van der Waals surface area contributed by atoms with Gasteiger partial charge in [0.05, 0.1) is 0 Å². The van der Waals surface area contributed by atoms with Crippen molar-refractivity contribution >= 4 is 5.91 Å². The third-order valence-corrected chi connectivity index (χ3v) is 4.09. The Morgan fingerprint density at radius 1 is 1.25 bits per heavy atom. The van der Waals surface area contributed by atoms with E-state index in [9.17, 15) is 4.79 Å². The van der Waals surface area contributed by atoms with E-state index in [1.807, 2.05) is 30.3 Å². The molecule has 2 rings (SSSR count).